The van der Waals surface area contributed by atoms with Crippen molar-refractivity contribution in [3.63, 3.8) is 0 Å². The lowest BCUT2D eigenvalue weighted by molar-refractivity contribution is -0.385. The van der Waals surface area contributed by atoms with Crippen LogP contribution in [0, 0.1) is 10.1 Å². The number of fused-ring (bicyclic) bond motifs is 1. The number of anilines is 2. The first kappa shape index (κ1) is 20.9. The number of nitrogens with zero attached hydrogens (tertiary/aromatic N) is 4. The summed E-state index contributed by atoms with van der Waals surface area (Å²) < 4.78 is 6.63. The van der Waals surface area contributed by atoms with E-state index < -0.39 is 4.92 Å². The Morgan fingerprint density at radius 2 is 2.03 bits per heavy atom. The van der Waals surface area contributed by atoms with Gasteiger partial charge in [0, 0.05) is 22.3 Å². The Morgan fingerprint density at radius 3 is 2.76 bits per heavy atom. The number of halogens is 1. The topological polar surface area (TPSA) is 93.4 Å². The summed E-state index contributed by atoms with van der Waals surface area (Å²) in [4.78, 5) is 21.8. The van der Waals surface area contributed by atoms with Gasteiger partial charge in [0.2, 0.25) is 0 Å². The van der Waals surface area contributed by atoms with Gasteiger partial charge in [0.15, 0.2) is 5.75 Å². The summed E-state index contributed by atoms with van der Waals surface area (Å²) in [7, 11) is 4.02. The Labute approximate surface area is 177 Å². The van der Waals surface area contributed by atoms with Crippen molar-refractivity contribution >= 4 is 44.0 Å². The van der Waals surface area contributed by atoms with Gasteiger partial charge in [-0.2, -0.15) is 0 Å². The number of rotatable bonds is 9. The van der Waals surface area contributed by atoms with Gasteiger partial charge in [-0.3, -0.25) is 10.1 Å². The van der Waals surface area contributed by atoms with Crippen LogP contribution in [-0.2, 0) is 0 Å². The van der Waals surface area contributed by atoms with Crippen molar-refractivity contribution in [2.24, 2.45) is 0 Å². The summed E-state index contributed by atoms with van der Waals surface area (Å²) in [5, 5.41) is 15.4. The van der Waals surface area contributed by atoms with Crippen molar-refractivity contribution in [2.45, 2.75) is 12.8 Å². The number of benzene rings is 2. The molecule has 1 heterocycles. The lowest BCUT2D eigenvalue weighted by Crippen LogP contribution is -2.13. The number of hydrogen-bond donors (Lipinski definition) is 1. The maximum absolute atomic E-state index is 11.6. The number of nitro groups is 1. The first-order valence-electron chi connectivity index (χ1n) is 9.17. The number of nitro benzene ring substituents is 1. The van der Waals surface area contributed by atoms with Crippen LogP contribution in [0.3, 0.4) is 0 Å². The van der Waals surface area contributed by atoms with Crippen LogP contribution in [0.1, 0.15) is 12.8 Å². The number of aromatic nitrogens is 2. The number of nitrogens with one attached hydrogen (secondary N) is 1. The van der Waals surface area contributed by atoms with E-state index in [1.165, 1.54) is 12.4 Å². The van der Waals surface area contributed by atoms with Gasteiger partial charge in [0.1, 0.15) is 12.1 Å². The minimum atomic E-state index is -0.440. The van der Waals surface area contributed by atoms with Gasteiger partial charge in [-0.15, -0.1) is 0 Å². The van der Waals surface area contributed by atoms with Crippen molar-refractivity contribution in [3.8, 4) is 5.75 Å². The first-order valence-corrected chi connectivity index (χ1v) is 9.96. The predicted octanol–water partition coefficient (Wildman–Crippen LogP) is 4.76. The van der Waals surface area contributed by atoms with E-state index >= 15 is 0 Å². The van der Waals surface area contributed by atoms with E-state index in [4.69, 9.17) is 4.74 Å². The SMILES string of the molecule is CN(C)CCCCOc1cc2ncnc(Nc3cccc(Br)c3)c2cc1[N+](=O)[O-]. The molecule has 1 N–H and O–H groups in total. The zero-order valence-corrected chi connectivity index (χ0v) is 17.8. The summed E-state index contributed by atoms with van der Waals surface area (Å²) in [5.74, 6) is 0.716. The number of ether oxygens (including phenoxy) is 1. The molecule has 0 unspecified atom stereocenters. The van der Waals surface area contributed by atoms with Crippen LogP contribution in [0.15, 0.2) is 47.2 Å². The van der Waals surface area contributed by atoms with Crippen LogP contribution >= 0.6 is 15.9 Å². The molecule has 29 heavy (non-hydrogen) atoms. The average molecular weight is 460 g/mol. The molecular formula is C20H22BrN5O3. The Morgan fingerprint density at radius 1 is 1.21 bits per heavy atom. The maximum atomic E-state index is 11.6. The van der Waals surface area contributed by atoms with Crippen molar-refractivity contribution in [1.82, 2.24) is 14.9 Å². The molecule has 0 bridgehead atoms. The molecule has 0 saturated carbocycles. The highest BCUT2D eigenvalue weighted by atomic mass is 79.9. The Balaban J connectivity index is 1.86. The molecule has 0 aliphatic rings. The fourth-order valence-corrected chi connectivity index (χ4v) is 3.24. The Bertz CT molecular complexity index is 1010. The van der Waals surface area contributed by atoms with Gasteiger partial charge in [-0.1, -0.05) is 22.0 Å². The van der Waals surface area contributed by atoms with E-state index in [1.54, 1.807) is 6.07 Å². The second-order valence-corrected chi connectivity index (χ2v) is 7.73. The van der Waals surface area contributed by atoms with Crippen LogP contribution in [-0.4, -0.2) is 47.0 Å². The predicted molar refractivity (Wildman–Crippen MR) is 117 cm³/mol. The zero-order valence-electron chi connectivity index (χ0n) is 16.3. The van der Waals surface area contributed by atoms with Crippen molar-refractivity contribution in [1.29, 1.82) is 0 Å². The molecule has 3 aromatic rings. The molecule has 2 aromatic carbocycles. The highest BCUT2D eigenvalue weighted by Crippen LogP contribution is 2.34. The Kier molecular flexibility index (Phi) is 6.95. The molecule has 0 atom stereocenters. The van der Waals surface area contributed by atoms with Crippen molar-refractivity contribution in [3.05, 3.63) is 57.3 Å². The second-order valence-electron chi connectivity index (χ2n) is 6.81. The van der Waals surface area contributed by atoms with Gasteiger partial charge in [0.05, 0.1) is 22.4 Å². The standard InChI is InChI=1S/C20H22BrN5O3/c1-25(2)8-3-4-9-29-19-12-17-16(11-18(19)26(27)28)20(23-13-22-17)24-15-7-5-6-14(21)10-15/h5-7,10-13H,3-4,8-9H2,1-2H3,(H,22,23,24). The minimum absolute atomic E-state index is 0.0998. The fourth-order valence-electron chi connectivity index (χ4n) is 2.85. The molecular weight excluding hydrogens is 438 g/mol. The third-order valence-electron chi connectivity index (χ3n) is 4.26. The lowest BCUT2D eigenvalue weighted by atomic mass is 10.2. The number of unbranched alkanes of at least 4 members (excludes halogenated alkanes) is 1. The van der Waals surface area contributed by atoms with Crippen molar-refractivity contribution < 1.29 is 9.66 Å². The summed E-state index contributed by atoms with van der Waals surface area (Å²) in [6, 6.07) is 10.7. The van der Waals surface area contributed by atoms with Gasteiger partial charge >= 0.3 is 5.69 Å². The largest absolute Gasteiger partial charge is 0.487 e. The first-order chi connectivity index (χ1) is 13.9. The minimum Gasteiger partial charge on any atom is -0.487 e. The third-order valence-corrected chi connectivity index (χ3v) is 4.75. The summed E-state index contributed by atoms with van der Waals surface area (Å²) in [6.45, 7) is 1.36. The van der Waals surface area contributed by atoms with Crippen LogP contribution in [0.5, 0.6) is 5.75 Å². The molecule has 0 amide bonds. The molecule has 0 radical (unpaired) electrons. The van der Waals surface area contributed by atoms with E-state index in [0.717, 1.165) is 29.5 Å². The quantitative estimate of drug-likeness (QED) is 0.279. The molecule has 0 saturated heterocycles. The van der Waals surface area contributed by atoms with E-state index in [2.05, 4.69) is 36.1 Å². The van der Waals surface area contributed by atoms with Crippen LogP contribution in [0.4, 0.5) is 17.2 Å². The number of hydrogen-bond acceptors (Lipinski definition) is 7. The molecule has 9 heteroatoms. The van der Waals surface area contributed by atoms with Gasteiger partial charge < -0.3 is 15.0 Å². The molecule has 8 nitrogen and oxygen atoms in total. The molecule has 0 fully saturated rings. The van der Waals surface area contributed by atoms with Crippen molar-refractivity contribution in [2.75, 3.05) is 32.6 Å². The molecule has 0 aliphatic carbocycles. The van der Waals surface area contributed by atoms with Crippen LogP contribution in [0.2, 0.25) is 0 Å². The van der Waals surface area contributed by atoms with E-state index in [9.17, 15) is 10.1 Å². The summed E-state index contributed by atoms with van der Waals surface area (Å²) >= 11 is 3.43. The normalized spacial score (nSPS) is 11.0. The highest BCUT2D eigenvalue weighted by Gasteiger charge is 2.19. The second kappa shape index (κ2) is 9.62. The summed E-state index contributed by atoms with van der Waals surface area (Å²) in [6.07, 6.45) is 3.19. The highest BCUT2D eigenvalue weighted by molar-refractivity contribution is 9.10. The third kappa shape index (κ3) is 5.61. The fraction of sp³-hybridized carbons (Fsp3) is 0.300. The molecule has 0 aliphatic heterocycles. The van der Waals surface area contributed by atoms with E-state index in [1.807, 2.05) is 38.4 Å². The summed E-state index contributed by atoms with van der Waals surface area (Å²) in [5.41, 5.74) is 1.28. The molecule has 1 aromatic heterocycles. The van der Waals surface area contributed by atoms with Gasteiger partial charge in [-0.05, 0) is 51.7 Å². The maximum Gasteiger partial charge on any atom is 0.311 e. The van der Waals surface area contributed by atoms with Gasteiger partial charge in [-0.25, -0.2) is 9.97 Å². The zero-order chi connectivity index (χ0) is 20.8. The van der Waals surface area contributed by atoms with Crippen LogP contribution in [0.25, 0.3) is 10.9 Å². The monoisotopic (exact) mass is 459 g/mol. The average Bonchev–Trinajstić information content (AvgIpc) is 2.67. The van der Waals surface area contributed by atoms with Crippen LogP contribution < -0.4 is 10.1 Å². The molecule has 3 rings (SSSR count). The smallest absolute Gasteiger partial charge is 0.311 e. The molecule has 152 valence electrons. The van der Waals surface area contributed by atoms with Gasteiger partial charge in [0.25, 0.3) is 0 Å². The molecule has 0 spiro atoms. The van der Waals surface area contributed by atoms with E-state index in [-0.39, 0.29) is 11.4 Å². The van der Waals surface area contributed by atoms with E-state index in [0.29, 0.717) is 23.3 Å². The lowest BCUT2D eigenvalue weighted by Gasteiger charge is -2.12. The Hall–Kier alpha value is -2.78.